The minimum absolute atomic E-state index is 0. The van der Waals surface area contributed by atoms with Crippen molar-refractivity contribution in [2.75, 3.05) is 26.4 Å². The Morgan fingerprint density at radius 2 is 0.679 bits per heavy atom. The van der Waals surface area contributed by atoms with Crippen molar-refractivity contribution in [2.45, 2.75) is 173 Å². The van der Waals surface area contributed by atoms with Gasteiger partial charge >= 0.3 is 75.4 Å². The maximum Gasteiger partial charge on any atom is 1.00 e. The van der Waals surface area contributed by atoms with Crippen molar-refractivity contribution < 1.29 is 105 Å². The van der Waals surface area contributed by atoms with Gasteiger partial charge in [-0.15, -0.1) is 12.2 Å². The molecule has 0 N–H and O–H groups in total. The van der Waals surface area contributed by atoms with E-state index >= 15 is 0 Å². The molecule has 0 radical (unpaired) electrons. The molecule has 0 saturated carbocycles. The predicted molar refractivity (Wildman–Crippen MR) is 214 cm³/mol. The molecule has 2 aliphatic heterocycles. The predicted octanol–water partition coefficient (Wildman–Crippen LogP) is -3.01. The molecule has 2 saturated heterocycles. The number of ether oxygens (including phenoxy) is 2. The van der Waals surface area contributed by atoms with Gasteiger partial charge in [-0.25, -0.2) is 0 Å². The summed E-state index contributed by atoms with van der Waals surface area (Å²) < 4.78 is 9.89. The minimum atomic E-state index is -0.380. The Balaban J connectivity index is -0.000000236. The van der Waals surface area contributed by atoms with Gasteiger partial charge in [-0.05, 0) is 109 Å². The van der Waals surface area contributed by atoms with Crippen molar-refractivity contribution >= 4 is 0 Å². The van der Waals surface area contributed by atoms with Gasteiger partial charge in [-0.2, -0.15) is 0 Å². The van der Waals surface area contributed by atoms with Crippen LogP contribution in [-0.2, 0) is 20.3 Å². The fraction of sp³-hybridized carbons (Fsp3) is 0.739. The van der Waals surface area contributed by atoms with Crippen LogP contribution in [0.1, 0.15) is 156 Å². The zero-order valence-electron chi connectivity index (χ0n) is 40.7. The third-order valence-electron chi connectivity index (χ3n) is 9.75. The van der Waals surface area contributed by atoms with Crippen LogP contribution >= 0.6 is 0 Å². The first-order valence-electron chi connectivity index (χ1n) is 19.9. The van der Waals surface area contributed by atoms with E-state index < -0.39 is 0 Å². The second-order valence-electron chi connectivity index (χ2n) is 18.2. The molecule has 0 spiro atoms. The molecular weight excluding hydrogens is 676 g/mol. The van der Waals surface area contributed by atoms with Gasteiger partial charge in [0.2, 0.25) is 0 Å². The Bertz CT molecular complexity index is 1190. The summed E-state index contributed by atoms with van der Waals surface area (Å²) in [5.41, 5.74) is 6.13. The molecule has 2 aliphatic rings. The van der Waals surface area contributed by atoms with Gasteiger partial charge in [0.1, 0.15) is 0 Å². The molecule has 4 rings (SSSR count). The van der Waals surface area contributed by atoms with Crippen molar-refractivity contribution in [3.8, 4) is 22.6 Å². The third kappa shape index (κ3) is 22.8. The second-order valence-corrected chi connectivity index (χ2v) is 18.2. The molecule has 56 heavy (non-hydrogen) atoms. The first-order valence-corrected chi connectivity index (χ1v) is 19.9. The van der Waals surface area contributed by atoms with E-state index in [1.807, 2.05) is 137 Å². The van der Waals surface area contributed by atoms with Crippen molar-refractivity contribution in [2.24, 2.45) is 23.7 Å². The van der Waals surface area contributed by atoms with Gasteiger partial charge < -0.3 is 29.9 Å². The molecule has 0 aliphatic carbocycles. The number of hydrogen-bond acceptors (Lipinski definition) is 6. The SMILES string of the molecule is C1CCOC1.C1CCOC1.CC(C)C([O-])C(C)C.CC(C)C([O-])C(C)C.Cc1cc(C(C)(C)C)c([O-])c(-c2c(C)c(C)cc(C(C)(C)C)c2[O-])c1C.[Li+].[Li+].[Li+].[Li+]. The summed E-state index contributed by atoms with van der Waals surface area (Å²) in [5.74, 6) is 1.13. The van der Waals surface area contributed by atoms with Gasteiger partial charge in [0.15, 0.2) is 0 Å². The minimum Gasteiger partial charge on any atom is -0.872 e. The molecule has 302 valence electrons. The molecule has 0 atom stereocenters. The van der Waals surface area contributed by atoms with Crippen LogP contribution in [0.25, 0.3) is 11.1 Å². The van der Waals surface area contributed by atoms with E-state index in [2.05, 4.69) is 0 Å². The zero-order valence-corrected chi connectivity index (χ0v) is 40.7. The first-order chi connectivity index (χ1) is 23.8. The maximum atomic E-state index is 13.4. The van der Waals surface area contributed by atoms with Crippen molar-refractivity contribution in [3.63, 3.8) is 0 Å². The van der Waals surface area contributed by atoms with Crippen molar-refractivity contribution in [1.29, 1.82) is 0 Å². The largest absolute Gasteiger partial charge is 1.00 e. The molecule has 2 aromatic carbocycles. The molecule has 0 unspecified atom stereocenters. The summed E-state index contributed by atoms with van der Waals surface area (Å²) in [6.45, 7) is 40.0. The van der Waals surface area contributed by atoms with Crippen LogP contribution in [0.2, 0.25) is 0 Å². The van der Waals surface area contributed by atoms with Gasteiger partial charge in [0.05, 0.1) is 0 Å². The topological polar surface area (TPSA) is 111 Å². The van der Waals surface area contributed by atoms with Crippen LogP contribution in [0.3, 0.4) is 0 Å². The molecular formula is C46H78Li4O6. The fourth-order valence-electron chi connectivity index (χ4n) is 6.06. The Morgan fingerprint density at radius 1 is 0.464 bits per heavy atom. The summed E-state index contributed by atoms with van der Waals surface area (Å²) in [5, 5.41) is 48.7. The van der Waals surface area contributed by atoms with E-state index in [9.17, 15) is 20.4 Å². The van der Waals surface area contributed by atoms with E-state index in [1.165, 1.54) is 25.7 Å². The Kier molecular flexibility index (Phi) is 36.4. The van der Waals surface area contributed by atoms with Crippen molar-refractivity contribution in [3.05, 3.63) is 45.5 Å². The molecule has 6 nitrogen and oxygen atoms in total. The quantitative estimate of drug-likeness (QED) is 0.301. The van der Waals surface area contributed by atoms with Crippen LogP contribution in [0.15, 0.2) is 12.1 Å². The smallest absolute Gasteiger partial charge is 0.872 e. The summed E-state index contributed by atoms with van der Waals surface area (Å²) >= 11 is 0. The van der Waals surface area contributed by atoms with Crippen LogP contribution in [-0.4, -0.2) is 38.6 Å². The fourth-order valence-corrected chi connectivity index (χ4v) is 6.06. The van der Waals surface area contributed by atoms with Crippen LogP contribution in [0, 0.1) is 51.4 Å². The van der Waals surface area contributed by atoms with E-state index in [-0.39, 0.29) is 134 Å². The number of benzene rings is 2. The van der Waals surface area contributed by atoms with Crippen molar-refractivity contribution in [1.82, 2.24) is 0 Å². The second kappa shape index (κ2) is 31.2. The van der Waals surface area contributed by atoms with Crippen LogP contribution < -0.4 is 95.9 Å². The average molecular weight is 755 g/mol. The first kappa shape index (κ1) is 65.4. The normalized spacial score (nSPS) is 13.5. The number of rotatable bonds is 5. The Labute approximate surface area is 394 Å². The standard InChI is InChI=1S/C24H34O2.2C7H15O.2C4H8O.4Li/c1-13-11-17(23(5,6)7)21(25)19(15(13)3)20-16(4)14(2)12-18(22(20)26)24(8,9)10;2*1-5(2)7(8)6(3)4;2*1-2-4-5-3-1;;;;/h11-12,25-26H,1-10H3;2*5-7H,1-4H3;2*1-4H2;;;;/q;2*-1;;;4*+1/p-2. The molecule has 2 aromatic rings. The summed E-state index contributed by atoms with van der Waals surface area (Å²) in [6.07, 6.45) is 4.35. The van der Waals surface area contributed by atoms with E-state index in [0.717, 1.165) is 59.8 Å². The van der Waals surface area contributed by atoms with Crippen LogP contribution in [0.5, 0.6) is 11.5 Å². The van der Waals surface area contributed by atoms with Gasteiger partial charge in [0.25, 0.3) is 0 Å². The van der Waals surface area contributed by atoms with E-state index in [4.69, 9.17) is 9.47 Å². The van der Waals surface area contributed by atoms with E-state index in [0.29, 0.717) is 11.1 Å². The third-order valence-corrected chi connectivity index (χ3v) is 9.75. The monoisotopic (exact) mass is 755 g/mol. The van der Waals surface area contributed by atoms with Gasteiger partial charge in [0, 0.05) is 26.4 Å². The summed E-state index contributed by atoms with van der Waals surface area (Å²) in [4.78, 5) is 0. The summed E-state index contributed by atoms with van der Waals surface area (Å²) in [7, 11) is 0. The number of aryl methyl sites for hydroxylation is 2. The van der Waals surface area contributed by atoms with Crippen LogP contribution in [0.4, 0.5) is 0 Å². The summed E-state index contributed by atoms with van der Waals surface area (Å²) in [6, 6.07) is 3.98. The molecule has 2 heterocycles. The van der Waals surface area contributed by atoms with E-state index in [1.54, 1.807) is 0 Å². The average Bonchev–Trinajstić information content (AvgIpc) is 3.81. The molecule has 0 aromatic heterocycles. The Hall–Kier alpha value is 0.270. The zero-order chi connectivity index (χ0) is 40.7. The molecule has 0 amide bonds. The van der Waals surface area contributed by atoms with Gasteiger partial charge in [-0.3, -0.25) is 0 Å². The molecule has 0 bridgehead atoms. The van der Waals surface area contributed by atoms with Gasteiger partial charge in [-0.1, -0.05) is 144 Å². The number of hydrogen-bond donors (Lipinski definition) is 0. The molecule has 10 heteroatoms. The Morgan fingerprint density at radius 3 is 0.804 bits per heavy atom. The molecule has 2 fully saturated rings. The maximum absolute atomic E-state index is 13.4.